The van der Waals surface area contributed by atoms with Crippen LogP contribution >= 0.6 is 11.6 Å². The van der Waals surface area contributed by atoms with Crippen LogP contribution < -0.4 is 5.73 Å². The molecule has 1 unspecified atom stereocenters. The maximum atomic E-state index is 8.89. The van der Waals surface area contributed by atoms with Gasteiger partial charge in [0.15, 0.2) is 0 Å². The van der Waals surface area contributed by atoms with E-state index >= 15 is 0 Å². The Kier molecular flexibility index (Phi) is 6.52. The van der Waals surface area contributed by atoms with Crippen LogP contribution in [0, 0.1) is 0 Å². The molecule has 96 valence electrons. The third-order valence-electron chi connectivity index (χ3n) is 2.92. The van der Waals surface area contributed by atoms with Gasteiger partial charge in [0, 0.05) is 24.2 Å². The maximum Gasteiger partial charge on any atom is 0.0558 e. The minimum absolute atomic E-state index is 0.0278. The van der Waals surface area contributed by atoms with Crippen LogP contribution in [0.1, 0.15) is 24.9 Å². The summed E-state index contributed by atoms with van der Waals surface area (Å²) < 4.78 is 0. The zero-order valence-electron chi connectivity index (χ0n) is 10.3. The van der Waals surface area contributed by atoms with Crippen molar-refractivity contribution in [2.24, 2.45) is 5.73 Å². The standard InChI is InChI=1S/C13H21ClN2O/c1-2-16(9-10-17)8-7-13(15)11-3-5-12(14)6-4-11/h3-6,13,17H,2,7-10,15H2,1H3. The molecule has 3 nitrogen and oxygen atoms in total. The first-order valence-electron chi connectivity index (χ1n) is 6.01. The van der Waals surface area contributed by atoms with E-state index in [4.69, 9.17) is 22.4 Å². The Bertz CT molecular complexity index is 316. The van der Waals surface area contributed by atoms with Gasteiger partial charge in [-0.3, -0.25) is 0 Å². The van der Waals surface area contributed by atoms with Gasteiger partial charge in [0.25, 0.3) is 0 Å². The summed E-state index contributed by atoms with van der Waals surface area (Å²) in [5, 5.41) is 9.63. The van der Waals surface area contributed by atoms with E-state index < -0.39 is 0 Å². The first kappa shape index (κ1) is 14.5. The second-order valence-corrected chi connectivity index (χ2v) is 4.54. The Morgan fingerprint density at radius 3 is 2.47 bits per heavy atom. The number of hydrogen-bond acceptors (Lipinski definition) is 3. The van der Waals surface area contributed by atoms with E-state index in [1.165, 1.54) is 0 Å². The van der Waals surface area contributed by atoms with Crippen molar-refractivity contribution in [1.29, 1.82) is 0 Å². The normalized spacial score (nSPS) is 13.0. The van der Waals surface area contributed by atoms with Crippen molar-refractivity contribution < 1.29 is 5.11 Å². The second kappa shape index (κ2) is 7.67. The van der Waals surface area contributed by atoms with Gasteiger partial charge in [-0.1, -0.05) is 30.7 Å². The number of nitrogens with two attached hydrogens (primary N) is 1. The van der Waals surface area contributed by atoms with Gasteiger partial charge in [0.1, 0.15) is 0 Å². The van der Waals surface area contributed by atoms with Crippen molar-refractivity contribution in [2.45, 2.75) is 19.4 Å². The third kappa shape index (κ3) is 5.04. The molecule has 0 fully saturated rings. The van der Waals surface area contributed by atoms with Crippen molar-refractivity contribution >= 4 is 11.6 Å². The summed E-state index contributed by atoms with van der Waals surface area (Å²) in [5.74, 6) is 0. The Labute approximate surface area is 108 Å². The minimum Gasteiger partial charge on any atom is -0.395 e. The average molecular weight is 257 g/mol. The molecule has 0 saturated carbocycles. The van der Waals surface area contributed by atoms with Crippen LogP contribution in [0.15, 0.2) is 24.3 Å². The first-order valence-corrected chi connectivity index (χ1v) is 6.39. The van der Waals surface area contributed by atoms with E-state index in [-0.39, 0.29) is 12.6 Å². The molecular weight excluding hydrogens is 236 g/mol. The molecule has 1 rings (SSSR count). The van der Waals surface area contributed by atoms with Crippen molar-refractivity contribution in [1.82, 2.24) is 4.90 Å². The molecule has 0 aliphatic rings. The minimum atomic E-state index is 0.0278. The predicted octanol–water partition coefficient (Wildman–Crippen LogP) is 2.04. The summed E-state index contributed by atoms with van der Waals surface area (Å²) in [6.07, 6.45) is 0.884. The van der Waals surface area contributed by atoms with Crippen molar-refractivity contribution in [3.63, 3.8) is 0 Å². The molecule has 0 amide bonds. The van der Waals surface area contributed by atoms with Crippen molar-refractivity contribution in [3.8, 4) is 0 Å². The number of halogens is 1. The van der Waals surface area contributed by atoms with Crippen molar-refractivity contribution in [2.75, 3.05) is 26.2 Å². The lowest BCUT2D eigenvalue weighted by atomic mass is 10.0. The topological polar surface area (TPSA) is 49.5 Å². The van der Waals surface area contributed by atoms with Crippen LogP contribution in [0.25, 0.3) is 0 Å². The van der Waals surface area contributed by atoms with Gasteiger partial charge in [0.05, 0.1) is 6.61 Å². The molecule has 0 saturated heterocycles. The Hall–Kier alpha value is -0.610. The SMILES string of the molecule is CCN(CCO)CCC(N)c1ccc(Cl)cc1. The van der Waals surface area contributed by atoms with Crippen LogP contribution in [0.2, 0.25) is 5.02 Å². The second-order valence-electron chi connectivity index (χ2n) is 4.10. The quantitative estimate of drug-likeness (QED) is 0.785. The lowest BCUT2D eigenvalue weighted by Gasteiger charge is -2.21. The van der Waals surface area contributed by atoms with Crippen LogP contribution in [0.5, 0.6) is 0 Å². The van der Waals surface area contributed by atoms with Gasteiger partial charge in [-0.05, 0) is 30.7 Å². The van der Waals surface area contributed by atoms with E-state index in [1.807, 2.05) is 24.3 Å². The summed E-state index contributed by atoms with van der Waals surface area (Å²) in [6.45, 7) is 4.84. The van der Waals surface area contributed by atoms with Crippen molar-refractivity contribution in [3.05, 3.63) is 34.9 Å². The molecule has 1 aromatic rings. The summed E-state index contributed by atoms with van der Waals surface area (Å²) in [7, 11) is 0. The molecule has 0 aromatic heterocycles. The number of aliphatic hydroxyl groups excluding tert-OH is 1. The molecule has 0 aliphatic heterocycles. The Morgan fingerprint density at radius 2 is 1.94 bits per heavy atom. The van der Waals surface area contributed by atoms with Crippen LogP contribution in [0.3, 0.4) is 0 Å². The smallest absolute Gasteiger partial charge is 0.0558 e. The molecule has 0 bridgehead atoms. The van der Waals surface area contributed by atoms with E-state index in [0.717, 1.165) is 30.1 Å². The van der Waals surface area contributed by atoms with E-state index in [2.05, 4.69) is 11.8 Å². The number of benzene rings is 1. The van der Waals surface area contributed by atoms with E-state index in [1.54, 1.807) is 0 Å². The summed E-state index contributed by atoms with van der Waals surface area (Å²) in [4.78, 5) is 2.19. The number of hydrogen-bond donors (Lipinski definition) is 2. The average Bonchev–Trinajstić information content (AvgIpc) is 2.35. The lowest BCUT2D eigenvalue weighted by molar-refractivity contribution is 0.198. The fraction of sp³-hybridized carbons (Fsp3) is 0.538. The highest BCUT2D eigenvalue weighted by Crippen LogP contribution is 2.17. The third-order valence-corrected chi connectivity index (χ3v) is 3.17. The Morgan fingerprint density at radius 1 is 1.29 bits per heavy atom. The number of nitrogens with zero attached hydrogens (tertiary/aromatic N) is 1. The van der Waals surface area contributed by atoms with Gasteiger partial charge in [-0.25, -0.2) is 0 Å². The number of likely N-dealkylation sites (N-methyl/N-ethyl adjacent to an activating group) is 1. The monoisotopic (exact) mass is 256 g/mol. The summed E-state index contributed by atoms with van der Waals surface area (Å²) >= 11 is 5.83. The fourth-order valence-electron chi connectivity index (χ4n) is 1.77. The molecule has 1 atom stereocenters. The molecule has 0 spiro atoms. The molecule has 17 heavy (non-hydrogen) atoms. The first-order chi connectivity index (χ1) is 8.17. The van der Waals surface area contributed by atoms with Crippen LogP contribution in [-0.4, -0.2) is 36.2 Å². The number of aliphatic hydroxyl groups is 1. The molecule has 3 N–H and O–H groups in total. The van der Waals surface area contributed by atoms with Gasteiger partial charge >= 0.3 is 0 Å². The molecule has 0 radical (unpaired) electrons. The predicted molar refractivity (Wildman–Crippen MR) is 72.2 cm³/mol. The molecular formula is C13H21ClN2O. The highest BCUT2D eigenvalue weighted by Gasteiger charge is 2.08. The van der Waals surface area contributed by atoms with Gasteiger partial charge < -0.3 is 15.7 Å². The Balaban J connectivity index is 2.43. The van der Waals surface area contributed by atoms with E-state index in [0.29, 0.717) is 6.54 Å². The van der Waals surface area contributed by atoms with E-state index in [9.17, 15) is 0 Å². The largest absolute Gasteiger partial charge is 0.395 e. The fourth-order valence-corrected chi connectivity index (χ4v) is 1.89. The summed E-state index contributed by atoms with van der Waals surface area (Å²) in [6, 6.07) is 7.69. The van der Waals surface area contributed by atoms with Gasteiger partial charge in [-0.15, -0.1) is 0 Å². The molecule has 0 heterocycles. The van der Waals surface area contributed by atoms with Crippen LogP contribution in [-0.2, 0) is 0 Å². The lowest BCUT2D eigenvalue weighted by Crippen LogP contribution is -2.29. The van der Waals surface area contributed by atoms with Gasteiger partial charge in [-0.2, -0.15) is 0 Å². The van der Waals surface area contributed by atoms with Crippen LogP contribution in [0.4, 0.5) is 0 Å². The summed E-state index contributed by atoms with van der Waals surface area (Å²) in [5.41, 5.74) is 7.22. The zero-order valence-corrected chi connectivity index (χ0v) is 11.0. The molecule has 0 aliphatic carbocycles. The highest BCUT2D eigenvalue weighted by atomic mass is 35.5. The molecule has 4 heteroatoms. The maximum absolute atomic E-state index is 8.89. The number of rotatable bonds is 7. The zero-order chi connectivity index (χ0) is 12.7. The molecule has 1 aromatic carbocycles. The van der Waals surface area contributed by atoms with Gasteiger partial charge in [0.2, 0.25) is 0 Å². The highest BCUT2D eigenvalue weighted by molar-refractivity contribution is 6.30.